The molecule has 0 aliphatic rings. The highest BCUT2D eigenvalue weighted by molar-refractivity contribution is 5.68. The molecular weight excluding hydrogens is 236 g/mol. The van der Waals surface area contributed by atoms with E-state index in [4.69, 9.17) is 4.74 Å². The Labute approximate surface area is 105 Å². The Bertz CT molecular complexity index is 445. The predicted molar refractivity (Wildman–Crippen MR) is 66.3 cm³/mol. The second-order valence-electron chi connectivity index (χ2n) is 4.16. The van der Waals surface area contributed by atoms with Crippen LogP contribution in [0.2, 0.25) is 0 Å². The normalized spacial score (nSPS) is 12.0. The number of nitro benzene ring substituents is 1. The molecule has 0 aliphatic heterocycles. The third kappa shape index (κ3) is 3.73. The molecule has 18 heavy (non-hydrogen) atoms. The summed E-state index contributed by atoms with van der Waals surface area (Å²) >= 11 is 0. The number of nitro groups is 1. The van der Waals surface area contributed by atoms with Crippen molar-refractivity contribution in [2.45, 2.75) is 32.9 Å². The quantitative estimate of drug-likeness (QED) is 0.659. The highest BCUT2D eigenvalue weighted by Crippen LogP contribution is 2.26. The zero-order chi connectivity index (χ0) is 13.7. The highest BCUT2D eigenvalue weighted by Gasteiger charge is 2.21. The van der Waals surface area contributed by atoms with E-state index in [1.807, 2.05) is 0 Å². The molecule has 98 valence electrons. The van der Waals surface area contributed by atoms with Crippen LogP contribution >= 0.6 is 0 Å². The molecule has 0 heterocycles. The fourth-order valence-corrected chi connectivity index (χ4v) is 1.49. The number of hydrogen-bond acceptors (Lipinski definition) is 4. The molecule has 0 aliphatic carbocycles. The van der Waals surface area contributed by atoms with Crippen molar-refractivity contribution in [1.82, 2.24) is 5.32 Å². The summed E-state index contributed by atoms with van der Waals surface area (Å²) in [5.41, 5.74) is 0.323. The molecule has 1 unspecified atom stereocenters. The summed E-state index contributed by atoms with van der Waals surface area (Å²) in [6.45, 7) is 5.20. The fraction of sp³-hybridized carbons (Fsp3) is 0.417. The van der Waals surface area contributed by atoms with Gasteiger partial charge in [0.05, 0.1) is 10.5 Å². The number of alkyl carbamates (subject to hydrolysis) is 1. The molecule has 0 fully saturated rings. The SMILES string of the molecule is CC(C)NC(=O)OC(C)c1ccccc1[N+](=O)[O-]. The maximum absolute atomic E-state index is 11.4. The first kappa shape index (κ1) is 14.0. The summed E-state index contributed by atoms with van der Waals surface area (Å²) < 4.78 is 5.08. The van der Waals surface area contributed by atoms with Gasteiger partial charge >= 0.3 is 6.09 Å². The molecule has 6 heteroatoms. The van der Waals surface area contributed by atoms with Crippen LogP contribution in [0.15, 0.2) is 24.3 Å². The lowest BCUT2D eigenvalue weighted by Gasteiger charge is -2.15. The van der Waals surface area contributed by atoms with E-state index in [-0.39, 0.29) is 11.7 Å². The van der Waals surface area contributed by atoms with Crippen molar-refractivity contribution >= 4 is 11.8 Å². The monoisotopic (exact) mass is 252 g/mol. The first-order valence-electron chi connectivity index (χ1n) is 5.62. The Morgan fingerprint density at radius 1 is 1.33 bits per heavy atom. The number of carbonyl (C=O) groups excluding carboxylic acids is 1. The lowest BCUT2D eigenvalue weighted by molar-refractivity contribution is -0.386. The molecule has 0 bridgehead atoms. The average molecular weight is 252 g/mol. The largest absolute Gasteiger partial charge is 0.441 e. The minimum absolute atomic E-state index is 0.0459. The maximum atomic E-state index is 11.4. The van der Waals surface area contributed by atoms with Gasteiger partial charge in [0.2, 0.25) is 0 Å². The van der Waals surface area contributed by atoms with Gasteiger partial charge in [-0.3, -0.25) is 10.1 Å². The van der Waals surface area contributed by atoms with Crippen LogP contribution in [-0.2, 0) is 4.74 Å². The molecule has 0 radical (unpaired) electrons. The summed E-state index contributed by atoms with van der Waals surface area (Å²) in [4.78, 5) is 21.8. The van der Waals surface area contributed by atoms with E-state index in [0.29, 0.717) is 5.56 Å². The van der Waals surface area contributed by atoms with Crippen molar-refractivity contribution in [2.24, 2.45) is 0 Å². The van der Waals surface area contributed by atoms with Crippen molar-refractivity contribution < 1.29 is 14.5 Å². The van der Waals surface area contributed by atoms with Crippen LogP contribution in [0, 0.1) is 10.1 Å². The maximum Gasteiger partial charge on any atom is 0.407 e. The van der Waals surface area contributed by atoms with Crippen LogP contribution in [0.5, 0.6) is 0 Å². The van der Waals surface area contributed by atoms with Gasteiger partial charge in [-0.2, -0.15) is 0 Å². The summed E-state index contributed by atoms with van der Waals surface area (Å²) in [7, 11) is 0. The smallest absolute Gasteiger partial charge is 0.407 e. The average Bonchev–Trinajstić information content (AvgIpc) is 2.27. The number of para-hydroxylation sites is 1. The van der Waals surface area contributed by atoms with Crippen LogP contribution in [0.4, 0.5) is 10.5 Å². The Hall–Kier alpha value is -2.11. The molecule has 0 spiro atoms. The lowest BCUT2D eigenvalue weighted by atomic mass is 10.1. The van der Waals surface area contributed by atoms with Gasteiger partial charge in [0.25, 0.3) is 5.69 Å². The van der Waals surface area contributed by atoms with E-state index in [1.165, 1.54) is 6.07 Å². The Kier molecular flexibility index (Phi) is 4.65. The number of ether oxygens (including phenoxy) is 1. The minimum atomic E-state index is -0.676. The number of rotatable bonds is 4. The summed E-state index contributed by atoms with van der Waals surface area (Å²) in [5.74, 6) is 0. The molecule has 0 saturated carbocycles. The summed E-state index contributed by atoms with van der Waals surface area (Å²) in [5, 5.41) is 13.4. The van der Waals surface area contributed by atoms with Crippen LogP contribution in [0.3, 0.4) is 0 Å². The third-order valence-corrected chi connectivity index (χ3v) is 2.26. The van der Waals surface area contributed by atoms with E-state index < -0.39 is 17.1 Å². The number of nitrogens with zero attached hydrogens (tertiary/aromatic N) is 1. The number of carbonyl (C=O) groups is 1. The van der Waals surface area contributed by atoms with Gasteiger partial charge in [-0.1, -0.05) is 12.1 Å². The standard InChI is InChI=1S/C12H16N2O4/c1-8(2)13-12(15)18-9(3)10-6-4-5-7-11(10)14(16)17/h4-9H,1-3H3,(H,13,15). The molecule has 1 N–H and O–H groups in total. The molecule has 0 saturated heterocycles. The Morgan fingerprint density at radius 2 is 1.94 bits per heavy atom. The second kappa shape index (κ2) is 6.00. The number of amides is 1. The van der Waals surface area contributed by atoms with E-state index in [0.717, 1.165) is 0 Å². The van der Waals surface area contributed by atoms with Crippen molar-refractivity contribution in [3.63, 3.8) is 0 Å². The lowest BCUT2D eigenvalue weighted by Crippen LogP contribution is -2.31. The molecule has 6 nitrogen and oxygen atoms in total. The van der Waals surface area contributed by atoms with Gasteiger partial charge in [-0.05, 0) is 26.8 Å². The van der Waals surface area contributed by atoms with Crippen LogP contribution in [0.1, 0.15) is 32.4 Å². The minimum Gasteiger partial charge on any atom is -0.441 e. The Morgan fingerprint density at radius 3 is 2.50 bits per heavy atom. The number of nitrogens with one attached hydrogen (secondary N) is 1. The summed E-state index contributed by atoms with van der Waals surface area (Å²) in [6.07, 6.45) is -1.26. The van der Waals surface area contributed by atoms with Crippen molar-refractivity contribution in [1.29, 1.82) is 0 Å². The van der Waals surface area contributed by atoms with Crippen LogP contribution < -0.4 is 5.32 Å². The third-order valence-electron chi connectivity index (χ3n) is 2.26. The van der Waals surface area contributed by atoms with Gasteiger partial charge in [0, 0.05) is 12.1 Å². The zero-order valence-corrected chi connectivity index (χ0v) is 10.5. The topological polar surface area (TPSA) is 81.5 Å². The molecule has 0 aromatic heterocycles. The first-order chi connectivity index (χ1) is 8.41. The van der Waals surface area contributed by atoms with Crippen molar-refractivity contribution in [3.8, 4) is 0 Å². The van der Waals surface area contributed by atoms with Crippen molar-refractivity contribution in [2.75, 3.05) is 0 Å². The van der Waals surface area contributed by atoms with Crippen molar-refractivity contribution in [3.05, 3.63) is 39.9 Å². The zero-order valence-electron chi connectivity index (χ0n) is 10.5. The molecule has 1 aromatic carbocycles. The van der Waals surface area contributed by atoms with Gasteiger partial charge in [0.15, 0.2) is 0 Å². The van der Waals surface area contributed by atoms with E-state index in [2.05, 4.69) is 5.32 Å². The van der Waals surface area contributed by atoms with E-state index >= 15 is 0 Å². The summed E-state index contributed by atoms with van der Waals surface area (Å²) in [6, 6.07) is 6.15. The molecule has 1 aromatic rings. The van der Waals surface area contributed by atoms with Gasteiger partial charge in [-0.15, -0.1) is 0 Å². The fourth-order valence-electron chi connectivity index (χ4n) is 1.49. The molecular formula is C12H16N2O4. The van der Waals surface area contributed by atoms with E-state index in [9.17, 15) is 14.9 Å². The highest BCUT2D eigenvalue weighted by atomic mass is 16.6. The molecule has 1 atom stereocenters. The van der Waals surface area contributed by atoms with Crippen LogP contribution in [-0.4, -0.2) is 17.1 Å². The predicted octanol–water partition coefficient (Wildman–Crippen LogP) is 2.79. The number of benzene rings is 1. The van der Waals surface area contributed by atoms with Gasteiger partial charge < -0.3 is 10.1 Å². The Balaban J connectivity index is 2.81. The molecule has 1 rings (SSSR count). The number of hydrogen-bond donors (Lipinski definition) is 1. The van der Waals surface area contributed by atoms with E-state index in [1.54, 1.807) is 39.0 Å². The van der Waals surface area contributed by atoms with Crippen LogP contribution in [0.25, 0.3) is 0 Å². The van der Waals surface area contributed by atoms with Gasteiger partial charge in [0.1, 0.15) is 6.10 Å². The first-order valence-corrected chi connectivity index (χ1v) is 5.62. The molecule has 1 amide bonds. The second-order valence-corrected chi connectivity index (χ2v) is 4.16. The van der Waals surface area contributed by atoms with Gasteiger partial charge in [-0.25, -0.2) is 4.79 Å².